The molecule has 26 heavy (non-hydrogen) atoms. The van der Waals surface area contributed by atoms with Gasteiger partial charge in [0, 0.05) is 25.1 Å². The van der Waals surface area contributed by atoms with Crippen molar-refractivity contribution in [3.63, 3.8) is 0 Å². The van der Waals surface area contributed by atoms with Crippen LogP contribution in [0.4, 0.5) is 5.69 Å². The van der Waals surface area contributed by atoms with Crippen LogP contribution in [0.15, 0.2) is 36.8 Å². The lowest BCUT2D eigenvalue weighted by Crippen LogP contribution is -2.37. The van der Waals surface area contributed by atoms with Crippen molar-refractivity contribution in [1.29, 1.82) is 0 Å². The first-order chi connectivity index (χ1) is 12.4. The lowest BCUT2D eigenvalue weighted by Gasteiger charge is -2.17. The maximum Gasteiger partial charge on any atom is 0.359 e. The Morgan fingerprint density at radius 1 is 1.19 bits per heavy atom. The normalized spacial score (nSPS) is 10.1. The van der Waals surface area contributed by atoms with Gasteiger partial charge in [-0.05, 0) is 31.0 Å². The number of nitrogens with zero attached hydrogens (tertiary/aromatic N) is 3. The van der Waals surface area contributed by atoms with E-state index in [9.17, 15) is 14.4 Å². The summed E-state index contributed by atoms with van der Waals surface area (Å²) in [6.45, 7) is 3.17. The molecule has 0 fully saturated rings. The fraction of sp³-hybridized carbons (Fsp3) is 0.278. The van der Waals surface area contributed by atoms with Crippen LogP contribution in [0.2, 0.25) is 0 Å². The summed E-state index contributed by atoms with van der Waals surface area (Å²) in [5.74, 6) is -1.59. The molecule has 0 bridgehead atoms. The fourth-order valence-electron chi connectivity index (χ4n) is 2.08. The minimum atomic E-state index is -0.750. The molecule has 0 aliphatic heterocycles. The van der Waals surface area contributed by atoms with Gasteiger partial charge in [-0.3, -0.25) is 14.6 Å². The van der Waals surface area contributed by atoms with Gasteiger partial charge in [0.25, 0.3) is 5.91 Å². The average Bonchev–Trinajstić information content (AvgIpc) is 2.63. The van der Waals surface area contributed by atoms with E-state index in [-0.39, 0.29) is 18.1 Å². The van der Waals surface area contributed by atoms with Gasteiger partial charge in [-0.2, -0.15) is 0 Å². The first kappa shape index (κ1) is 19.0. The first-order valence-electron chi connectivity index (χ1n) is 7.91. The number of hydrogen-bond donors (Lipinski definition) is 1. The summed E-state index contributed by atoms with van der Waals surface area (Å²) in [4.78, 5) is 44.6. The summed E-state index contributed by atoms with van der Waals surface area (Å²) >= 11 is 0. The van der Waals surface area contributed by atoms with E-state index < -0.39 is 18.5 Å². The number of hydrogen-bond acceptors (Lipinski definition) is 6. The number of amides is 2. The zero-order valence-corrected chi connectivity index (χ0v) is 14.9. The highest BCUT2D eigenvalue weighted by Gasteiger charge is 2.17. The topological polar surface area (TPSA) is 101 Å². The molecule has 0 unspecified atom stereocenters. The van der Waals surface area contributed by atoms with Crippen molar-refractivity contribution in [2.45, 2.75) is 13.8 Å². The predicted molar refractivity (Wildman–Crippen MR) is 94.5 cm³/mol. The molecule has 0 atom stereocenters. The number of benzene rings is 1. The second kappa shape index (κ2) is 8.70. The second-order valence-corrected chi connectivity index (χ2v) is 5.78. The highest BCUT2D eigenvalue weighted by atomic mass is 16.5. The Morgan fingerprint density at radius 3 is 2.65 bits per heavy atom. The maximum absolute atomic E-state index is 12.1. The summed E-state index contributed by atoms with van der Waals surface area (Å²) in [6, 6.07) is 5.72. The zero-order valence-electron chi connectivity index (χ0n) is 14.9. The van der Waals surface area contributed by atoms with Crippen LogP contribution in [0.5, 0.6) is 0 Å². The van der Waals surface area contributed by atoms with E-state index in [1.54, 1.807) is 0 Å². The van der Waals surface area contributed by atoms with E-state index in [0.717, 1.165) is 11.1 Å². The predicted octanol–water partition coefficient (Wildman–Crippen LogP) is 1.35. The summed E-state index contributed by atoms with van der Waals surface area (Å²) < 4.78 is 4.88. The molecule has 1 heterocycles. The molecule has 1 aromatic carbocycles. The smallest absolute Gasteiger partial charge is 0.359 e. The van der Waals surface area contributed by atoms with Crippen LogP contribution in [0.25, 0.3) is 0 Å². The third-order valence-electron chi connectivity index (χ3n) is 3.57. The Kier molecular flexibility index (Phi) is 6.37. The van der Waals surface area contributed by atoms with Gasteiger partial charge >= 0.3 is 5.97 Å². The Balaban J connectivity index is 1.83. The second-order valence-electron chi connectivity index (χ2n) is 5.78. The van der Waals surface area contributed by atoms with Crippen LogP contribution in [-0.4, -0.2) is 52.9 Å². The average molecular weight is 356 g/mol. The number of ether oxygens (including phenoxy) is 1. The Labute approximate surface area is 151 Å². The van der Waals surface area contributed by atoms with Crippen molar-refractivity contribution in [2.24, 2.45) is 0 Å². The molecule has 0 radical (unpaired) electrons. The molecule has 2 aromatic rings. The lowest BCUT2D eigenvalue weighted by atomic mass is 10.1. The zero-order chi connectivity index (χ0) is 19.1. The molecular formula is C18H20N4O4. The van der Waals surface area contributed by atoms with E-state index in [1.165, 1.54) is 30.5 Å². The minimum absolute atomic E-state index is 0.00983. The van der Waals surface area contributed by atoms with Gasteiger partial charge in [-0.25, -0.2) is 9.78 Å². The number of nitrogens with one attached hydrogen (secondary N) is 1. The lowest BCUT2D eigenvalue weighted by molar-refractivity contribution is -0.136. The number of esters is 1. The summed E-state index contributed by atoms with van der Waals surface area (Å²) in [7, 11) is 1.46. The van der Waals surface area contributed by atoms with Gasteiger partial charge in [0.2, 0.25) is 5.91 Å². The van der Waals surface area contributed by atoms with E-state index in [4.69, 9.17) is 4.74 Å². The van der Waals surface area contributed by atoms with Gasteiger partial charge in [0.05, 0.1) is 12.7 Å². The third kappa shape index (κ3) is 5.37. The number of likely N-dealkylation sites (N-methyl/N-ethyl adjacent to an activating group) is 1. The van der Waals surface area contributed by atoms with Crippen molar-refractivity contribution in [2.75, 3.05) is 25.5 Å². The molecule has 0 spiro atoms. The Hall–Kier alpha value is -3.29. The summed E-state index contributed by atoms with van der Waals surface area (Å²) in [6.07, 6.45) is 4.01. The molecule has 0 aliphatic carbocycles. The van der Waals surface area contributed by atoms with Crippen molar-refractivity contribution < 1.29 is 19.1 Å². The molecule has 1 N–H and O–H groups in total. The number of carbonyl (C=O) groups excluding carboxylic acids is 3. The van der Waals surface area contributed by atoms with Gasteiger partial charge in [-0.15, -0.1) is 0 Å². The SMILES string of the molecule is Cc1ccc(C)c(NC(=O)CN(C)C(=O)COC(=O)c2cnccn2)c1. The molecule has 2 amide bonds. The van der Waals surface area contributed by atoms with E-state index >= 15 is 0 Å². The number of anilines is 1. The molecule has 8 nitrogen and oxygen atoms in total. The molecule has 1 aromatic heterocycles. The minimum Gasteiger partial charge on any atom is -0.451 e. The first-order valence-corrected chi connectivity index (χ1v) is 7.91. The van der Waals surface area contributed by atoms with Gasteiger partial charge < -0.3 is 15.0 Å². The van der Waals surface area contributed by atoms with Gasteiger partial charge in [0.1, 0.15) is 0 Å². The van der Waals surface area contributed by atoms with Crippen LogP contribution in [0.3, 0.4) is 0 Å². The number of rotatable bonds is 6. The summed E-state index contributed by atoms with van der Waals surface area (Å²) in [5.41, 5.74) is 2.66. The van der Waals surface area contributed by atoms with Crippen LogP contribution in [0, 0.1) is 13.8 Å². The van der Waals surface area contributed by atoms with Crippen LogP contribution >= 0.6 is 0 Å². The standard InChI is InChI=1S/C18H20N4O4/c1-12-4-5-13(2)14(8-12)21-16(23)10-22(3)17(24)11-26-18(25)15-9-19-6-7-20-15/h4-9H,10-11H2,1-3H3,(H,21,23). The molecule has 0 aliphatic rings. The van der Waals surface area contributed by atoms with Crippen LogP contribution in [-0.2, 0) is 14.3 Å². The van der Waals surface area contributed by atoms with E-state index in [1.807, 2.05) is 32.0 Å². The molecule has 0 saturated heterocycles. The fourth-order valence-corrected chi connectivity index (χ4v) is 2.08. The maximum atomic E-state index is 12.1. The van der Waals surface area contributed by atoms with E-state index in [0.29, 0.717) is 5.69 Å². The van der Waals surface area contributed by atoms with Gasteiger partial charge in [0.15, 0.2) is 12.3 Å². The molecule has 0 saturated carbocycles. The van der Waals surface area contributed by atoms with Crippen molar-refractivity contribution >= 4 is 23.5 Å². The third-order valence-corrected chi connectivity index (χ3v) is 3.57. The van der Waals surface area contributed by atoms with Crippen molar-refractivity contribution in [1.82, 2.24) is 14.9 Å². The van der Waals surface area contributed by atoms with Gasteiger partial charge in [-0.1, -0.05) is 12.1 Å². The number of aromatic nitrogens is 2. The van der Waals surface area contributed by atoms with Crippen molar-refractivity contribution in [3.8, 4) is 0 Å². The molecule has 136 valence electrons. The van der Waals surface area contributed by atoms with E-state index in [2.05, 4.69) is 15.3 Å². The molecular weight excluding hydrogens is 336 g/mol. The Morgan fingerprint density at radius 2 is 1.96 bits per heavy atom. The van der Waals surface area contributed by atoms with Crippen LogP contribution < -0.4 is 5.32 Å². The summed E-state index contributed by atoms with van der Waals surface area (Å²) in [5, 5.41) is 2.77. The monoisotopic (exact) mass is 356 g/mol. The van der Waals surface area contributed by atoms with Crippen molar-refractivity contribution in [3.05, 3.63) is 53.6 Å². The molecule has 2 rings (SSSR count). The van der Waals surface area contributed by atoms with Crippen LogP contribution in [0.1, 0.15) is 21.6 Å². The molecule has 8 heteroatoms. The number of carbonyl (C=O) groups is 3. The largest absolute Gasteiger partial charge is 0.451 e. The number of aryl methyl sites for hydroxylation is 2. The highest BCUT2D eigenvalue weighted by molar-refractivity contribution is 5.95. The Bertz CT molecular complexity index is 808. The highest BCUT2D eigenvalue weighted by Crippen LogP contribution is 2.16. The quantitative estimate of drug-likeness (QED) is 0.784.